The minimum absolute atomic E-state index is 0.0366. The normalized spacial score (nSPS) is 16.2. The Balaban J connectivity index is 1.45. The van der Waals surface area contributed by atoms with Crippen LogP contribution >= 0.6 is 0 Å². The average Bonchev–Trinajstić information content (AvgIpc) is 3.20. The average molecular weight is 368 g/mol. The van der Waals surface area contributed by atoms with Gasteiger partial charge in [-0.2, -0.15) is 5.10 Å². The number of aromatic nitrogens is 2. The van der Waals surface area contributed by atoms with Crippen LogP contribution in [0.4, 0.5) is 5.82 Å². The van der Waals surface area contributed by atoms with E-state index in [4.69, 9.17) is 9.47 Å². The van der Waals surface area contributed by atoms with Crippen LogP contribution in [-0.4, -0.2) is 61.4 Å². The van der Waals surface area contributed by atoms with Gasteiger partial charge in [-0.05, 0) is 49.1 Å². The molecule has 0 spiro atoms. The molecule has 4 rings (SSSR count). The fourth-order valence-electron chi connectivity index (χ4n) is 3.76. The van der Waals surface area contributed by atoms with E-state index < -0.39 is 0 Å². The highest BCUT2D eigenvalue weighted by Gasteiger charge is 2.26. The second-order valence-corrected chi connectivity index (χ2v) is 6.87. The Morgan fingerprint density at radius 3 is 2.56 bits per heavy atom. The molecular weight excluding hydrogens is 344 g/mol. The maximum absolute atomic E-state index is 13.0. The van der Waals surface area contributed by atoms with Gasteiger partial charge in [-0.25, -0.2) is 0 Å². The highest BCUT2D eigenvalue weighted by Crippen LogP contribution is 2.27. The zero-order valence-corrected chi connectivity index (χ0v) is 15.8. The monoisotopic (exact) mass is 368 g/mol. The van der Waals surface area contributed by atoms with E-state index in [1.807, 2.05) is 4.90 Å². The van der Waals surface area contributed by atoms with Crippen molar-refractivity contribution in [3.05, 3.63) is 41.1 Å². The maximum atomic E-state index is 13.0. The molecule has 142 valence electrons. The van der Waals surface area contributed by atoms with Gasteiger partial charge in [0.25, 0.3) is 5.91 Å². The summed E-state index contributed by atoms with van der Waals surface area (Å²) in [6, 6.07) is 7.46. The lowest BCUT2D eigenvalue weighted by atomic mass is 10.1. The number of hydrogen-bond acceptors (Lipinski definition) is 6. The Labute approximate surface area is 158 Å². The van der Waals surface area contributed by atoms with Gasteiger partial charge in [-0.15, -0.1) is 5.10 Å². The SMILES string of the molecule is COc1ccc(OC)c(C(=O)N2CCN(c3cc4c(nn3)CCC4)CC2)c1. The van der Waals surface area contributed by atoms with E-state index >= 15 is 0 Å². The van der Waals surface area contributed by atoms with Crippen molar-refractivity contribution in [2.75, 3.05) is 45.3 Å². The van der Waals surface area contributed by atoms with Crippen LogP contribution < -0.4 is 14.4 Å². The summed E-state index contributed by atoms with van der Waals surface area (Å²) >= 11 is 0. The Kier molecular flexibility index (Phi) is 4.83. The van der Waals surface area contributed by atoms with Crippen LogP contribution in [0.1, 0.15) is 28.0 Å². The van der Waals surface area contributed by atoms with Gasteiger partial charge in [0, 0.05) is 26.2 Å². The number of carbonyl (C=O) groups excluding carboxylic acids is 1. The second kappa shape index (κ2) is 7.42. The Hall–Kier alpha value is -2.83. The molecule has 1 aliphatic heterocycles. The number of amides is 1. The smallest absolute Gasteiger partial charge is 0.257 e. The summed E-state index contributed by atoms with van der Waals surface area (Å²) in [5.74, 6) is 2.09. The van der Waals surface area contributed by atoms with Crippen LogP contribution in [0.15, 0.2) is 24.3 Å². The minimum Gasteiger partial charge on any atom is -0.497 e. The van der Waals surface area contributed by atoms with E-state index in [1.54, 1.807) is 32.4 Å². The highest BCUT2D eigenvalue weighted by molar-refractivity contribution is 5.97. The largest absolute Gasteiger partial charge is 0.497 e. The second-order valence-electron chi connectivity index (χ2n) is 6.87. The molecule has 27 heavy (non-hydrogen) atoms. The van der Waals surface area contributed by atoms with Crippen LogP contribution in [0.25, 0.3) is 0 Å². The van der Waals surface area contributed by atoms with E-state index in [9.17, 15) is 4.79 Å². The van der Waals surface area contributed by atoms with Crippen LogP contribution in [0.2, 0.25) is 0 Å². The van der Waals surface area contributed by atoms with Crippen LogP contribution in [0, 0.1) is 0 Å². The number of piperazine rings is 1. The van der Waals surface area contributed by atoms with Gasteiger partial charge in [0.1, 0.15) is 11.5 Å². The maximum Gasteiger partial charge on any atom is 0.257 e. The van der Waals surface area contributed by atoms with Crippen LogP contribution in [0.3, 0.4) is 0 Å². The first kappa shape index (κ1) is 17.6. The minimum atomic E-state index is -0.0366. The third-order valence-corrected chi connectivity index (χ3v) is 5.33. The topological polar surface area (TPSA) is 67.8 Å². The van der Waals surface area contributed by atoms with Crippen molar-refractivity contribution in [1.82, 2.24) is 15.1 Å². The van der Waals surface area contributed by atoms with Crippen molar-refractivity contribution in [2.24, 2.45) is 0 Å². The molecule has 1 aromatic carbocycles. The number of hydrogen-bond donors (Lipinski definition) is 0. The van der Waals surface area contributed by atoms with Crippen LogP contribution in [0.5, 0.6) is 11.5 Å². The molecule has 1 aliphatic carbocycles. The number of aryl methyl sites for hydroxylation is 2. The summed E-state index contributed by atoms with van der Waals surface area (Å²) in [5.41, 5.74) is 2.99. The van der Waals surface area contributed by atoms with Gasteiger partial charge in [0.05, 0.1) is 25.5 Å². The number of nitrogens with zero attached hydrogens (tertiary/aromatic N) is 4. The molecule has 0 radical (unpaired) electrons. The number of anilines is 1. The standard InChI is InChI=1S/C20H24N4O3/c1-26-15-6-7-18(27-2)16(13-15)20(25)24-10-8-23(9-11-24)19-12-14-4-3-5-17(14)21-22-19/h6-7,12-13H,3-5,8-11H2,1-2H3. The van der Waals surface area contributed by atoms with E-state index in [1.165, 1.54) is 5.56 Å². The van der Waals surface area contributed by atoms with Crippen molar-refractivity contribution in [3.8, 4) is 11.5 Å². The first-order valence-electron chi connectivity index (χ1n) is 9.31. The Morgan fingerprint density at radius 2 is 1.81 bits per heavy atom. The van der Waals surface area contributed by atoms with Crippen molar-refractivity contribution in [2.45, 2.75) is 19.3 Å². The Bertz CT molecular complexity index is 847. The van der Waals surface area contributed by atoms with Gasteiger partial charge in [0.2, 0.25) is 0 Å². The molecule has 1 aromatic heterocycles. The summed E-state index contributed by atoms with van der Waals surface area (Å²) < 4.78 is 10.6. The van der Waals surface area contributed by atoms with Gasteiger partial charge < -0.3 is 19.3 Å². The quantitative estimate of drug-likeness (QED) is 0.822. The summed E-state index contributed by atoms with van der Waals surface area (Å²) in [6.07, 6.45) is 3.29. The summed E-state index contributed by atoms with van der Waals surface area (Å²) in [5, 5.41) is 8.76. The predicted octanol–water partition coefficient (Wildman–Crippen LogP) is 1.94. The van der Waals surface area contributed by atoms with E-state index in [0.717, 1.165) is 43.9 Å². The van der Waals surface area contributed by atoms with Gasteiger partial charge in [0.15, 0.2) is 5.82 Å². The van der Waals surface area contributed by atoms with Crippen molar-refractivity contribution < 1.29 is 14.3 Å². The number of methoxy groups -OCH3 is 2. The first-order valence-corrected chi connectivity index (χ1v) is 9.31. The summed E-state index contributed by atoms with van der Waals surface area (Å²) in [4.78, 5) is 17.1. The number of rotatable bonds is 4. The van der Waals surface area contributed by atoms with Gasteiger partial charge in [-0.1, -0.05) is 0 Å². The zero-order valence-electron chi connectivity index (χ0n) is 15.8. The molecular formula is C20H24N4O3. The highest BCUT2D eigenvalue weighted by atomic mass is 16.5. The molecule has 1 saturated heterocycles. The molecule has 2 aromatic rings. The van der Waals surface area contributed by atoms with E-state index in [2.05, 4.69) is 21.2 Å². The summed E-state index contributed by atoms with van der Waals surface area (Å²) in [7, 11) is 3.16. The molecule has 0 N–H and O–H groups in total. The Morgan fingerprint density at radius 1 is 1.00 bits per heavy atom. The third-order valence-electron chi connectivity index (χ3n) is 5.33. The third kappa shape index (κ3) is 3.41. The molecule has 0 atom stereocenters. The van der Waals surface area contributed by atoms with Gasteiger partial charge >= 0.3 is 0 Å². The lowest BCUT2D eigenvalue weighted by Crippen LogP contribution is -2.49. The molecule has 0 saturated carbocycles. The fraction of sp³-hybridized carbons (Fsp3) is 0.450. The van der Waals surface area contributed by atoms with Crippen molar-refractivity contribution in [3.63, 3.8) is 0 Å². The lowest BCUT2D eigenvalue weighted by Gasteiger charge is -2.35. The summed E-state index contributed by atoms with van der Waals surface area (Å²) in [6.45, 7) is 2.76. The zero-order chi connectivity index (χ0) is 18.8. The van der Waals surface area contributed by atoms with Crippen LogP contribution in [-0.2, 0) is 12.8 Å². The van der Waals surface area contributed by atoms with E-state index in [0.29, 0.717) is 30.2 Å². The molecule has 1 amide bonds. The number of fused-ring (bicyclic) bond motifs is 1. The lowest BCUT2D eigenvalue weighted by molar-refractivity contribution is 0.0742. The molecule has 0 unspecified atom stereocenters. The van der Waals surface area contributed by atoms with E-state index in [-0.39, 0.29) is 5.91 Å². The number of carbonyl (C=O) groups is 1. The first-order chi connectivity index (χ1) is 13.2. The number of benzene rings is 1. The molecule has 7 heteroatoms. The van der Waals surface area contributed by atoms with Crippen molar-refractivity contribution >= 4 is 11.7 Å². The number of ether oxygens (including phenoxy) is 2. The molecule has 2 heterocycles. The molecule has 7 nitrogen and oxygen atoms in total. The molecule has 0 bridgehead atoms. The predicted molar refractivity (Wildman–Crippen MR) is 102 cm³/mol. The van der Waals surface area contributed by atoms with Gasteiger partial charge in [-0.3, -0.25) is 4.79 Å². The molecule has 2 aliphatic rings. The van der Waals surface area contributed by atoms with Crippen molar-refractivity contribution in [1.29, 1.82) is 0 Å². The molecule has 1 fully saturated rings. The fourth-order valence-corrected chi connectivity index (χ4v) is 3.76.